The molecule has 1 aliphatic heterocycles. The van der Waals surface area contributed by atoms with Gasteiger partial charge in [-0.1, -0.05) is 0 Å². The Kier molecular flexibility index (Phi) is 4.00. The Labute approximate surface area is 122 Å². The van der Waals surface area contributed by atoms with Crippen LogP contribution in [0.3, 0.4) is 0 Å². The van der Waals surface area contributed by atoms with Gasteiger partial charge < -0.3 is 10.1 Å². The highest BCUT2D eigenvalue weighted by molar-refractivity contribution is 7.11. The van der Waals surface area contributed by atoms with Crippen LogP contribution in [0.2, 0.25) is 0 Å². The van der Waals surface area contributed by atoms with Gasteiger partial charge in [-0.15, -0.1) is 21.5 Å². The van der Waals surface area contributed by atoms with Gasteiger partial charge in [-0.25, -0.2) is 0 Å². The normalized spacial score (nSPS) is 21.6. The third-order valence-corrected chi connectivity index (χ3v) is 4.84. The maximum Gasteiger partial charge on any atom is 0.227 e. The second-order valence-electron chi connectivity index (χ2n) is 5.49. The van der Waals surface area contributed by atoms with Gasteiger partial charge in [0.25, 0.3) is 0 Å². The lowest BCUT2D eigenvalue weighted by Gasteiger charge is -2.34. The highest BCUT2D eigenvalue weighted by Crippen LogP contribution is 2.41. The van der Waals surface area contributed by atoms with Crippen LogP contribution in [0.5, 0.6) is 0 Å². The van der Waals surface area contributed by atoms with Crippen LogP contribution in [0.25, 0.3) is 0 Å². The molecule has 2 heterocycles. The van der Waals surface area contributed by atoms with Crippen molar-refractivity contribution in [1.82, 2.24) is 20.4 Å². The smallest absolute Gasteiger partial charge is 0.227 e. The van der Waals surface area contributed by atoms with Crippen LogP contribution in [0, 0.1) is 6.92 Å². The second kappa shape index (κ2) is 5.75. The van der Waals surface area contributed by atoms with Crippen molar-refractivity contribution in [3.8, 4) is 0 Å². The number of nitrogens with zero attached hydrogens (tertiary/aromatic N) is 3. The molecular weight excluding hydrogens is 276 g/mol. The highest BCUT2D eigenvalue weighted by atomic mass is 32.1. The molecule has 1 amide bonds. The minimum atomic E-state index is 0.0423. The number of aryl methyl sites for hydroxylation is 1. The SMILES string of the molecule is Cc1nnc(CC(=O)NCC2(N3CCOCC3)CC2)s1. The van der Waals surface area contributed by atoms with Gasteiger partial charge in [0.15, 0.2) is 0 Å². The Morgan fingerprint density at radius 3 is 2.75 bits per heavy atom. The van der Waals surface area contributed by atoms with Crippen LogP contribution in [-0.4, -0.2) is 59.4 Å². The summed E-state index contributed by atoms with van der Waals surface area (Å²) in [4.78, 5) is 14.4. The number of ether oxygens (including phenoxy) is 1. The van der Waals surface area contributed by atoms with Crippen molar-refractivity contribution in [1.29, 1.82) is 0 Å². The number of hydrogen-bond donors (Lipinski definition) is 1. The molecule has 1 saturated carbocycles. The fraction of sp³-hybridized carbons (Fsp3) is 0.769. The molecule has 0 aromatic carbocycles. The quantitative estimate of drug-likeness (QED) is 0.850. The van der Waals surface area contributed by atoms with Crippen molar-refractivity contribution in [2.24, 2.45) is 0 Å². The fourth-order valence-electron chi connectivity index (χ4n) is 2.66. The molecule has 20 heavy (non-hydrogen) atoms. The molecule has 1 aromatic rings. The van der Waals surface area contributed by atoms with Crippen LogP contribution in [0.1, 0.15) is 22.9 Å². The first-order valence-corrected chi connectivity index (χ1v) is 7.88. The zero-order valence-corrected chi connectivity index (χ0v) is 12.5. The lowest BCUT2D eigenvalue weighted by molar-refractivity contribution is -0.120. The number of aromatic nitrogens is 2. The zero-order chi connectivity index (χ0) is 14.0. The first kappa shape index (κ1) is 13.9. The van der Waals surface area contributed by atoms with Crippen molar-refractivity contribution in [2.45, 2.75) is 31.7 Å². The summed E-state index contributed by atoms with van der Waals surface area (Å²) in [6, 6.07) is 0. The molecule has 0 bridgehead atoms. The number of hydrogen-bond acceptors (Lipinski definition) is 6. The molecule has 0 radical (unpaired) electrons. The van der Waals surface area contributed by atoms with Gasteiger partial charge in [0, 0.05) is 25.2 Å². The van der Waals surface area contributed by atoms with Gasteiger partial charge in [-0.05, 0) is 19.8 Å². The molecule has 1 aliphatic carbocycles. The minimum absolute atomic E-state index is 0.0423. The second-order valence-corrected chi connectivity index (χ2v) is 6.76. The summed E-state index contributed by atoms with van der Waals surface area (Å²) in [5.41, 5.74) is 0.191. The number of nitrogens with one attached hydrogen (secondary N) is 1. The van der Waals surface area contributed by atoms with Crippen molar-refractivity contribution >= 4 is 17.2 Å². The third kappa shape index (κ3) is 3.16. The number of rotatable bonds is 5. The predicted molar refractivity (Wildman–Crippen MR) is 75.7 cm³/mol. The Morgan fingerprint density at radius 1 is 1.40 bits per heavy atom. The standard InChI is InChI=1S/C13H20N4O2S/c1-10-15-16-12(20-10)8-11(18)14-9-13(2-3-13)17-4-6-19-7-5-17/h2-9H2,1H3,(H,14,18). The van der Waals surface area contributed by atoms with E-state index < -0.39 is 0 Å². The van der Waals surface area contributed by atoms with E-state index in [2.05, 4.69) is 20.4 Å². The Morgan fingerprint density at radius 2 is 2.15 bits per heavy atom. The number of carbonyl (C=O) groups excluding carboxylic acids is 1. The Bertz CT molecular complexity index is 480. The van der Waals surface area contributed by atoms with Gasteiger partial charge in [-0.3, -0.25) is 9.69 Å². The summed E-state index contributed by atoms with van der Waals surface area (Å²) in [6.07, 6.45) is 2.68. The van der Waals surface area contributed by atoms with Crippen LogP contribution >= 0.6 is 11.3 Å². The first-order chi connectivity index (χ1) is 9.68. The van der Waals surface area contributed by atoms with E-state index in [1.165, 1.54) is 24.2 Å². The third-order valence-electron chi connectivity index (χ3n) is 4.00. The predicted octanol–water partition coefficient (Wildman–Crippen LogP) is 0.370. The van der Waals surface area contributed by atoms with E-state index in [0.717, 1.165) is 42.9 Å². The Hall–Kier alpha value is -1.05. The molecule has 3 rings (SSSR count). The lowest BCUT2D eigenvalue weighted by atomic mass is 10.2. The van der Waals surface area contributed by atoms with Crippen LogP contribution < -0.4 is 5.32 Å². The highest BCUT2D eigenvalue weighted by Gasteiger charge is 2.48. The molecule has 0 spiro atoms. The molecule has 6 nitrogen and oxygen atoms in total. The van der Waals surface area contributed by atoms with E-state index in [4.69, 9.17) is 4.74 Å². The van der Waals surface area contributed by atoms with Gasteiger partial charge in [0.05, 0.1) is 19.6 Å². The van der Waals surface area contributed by atoms with Crippen molar-refractivity contribution < 1.29 is 9.53 Å². The molecule has 110 valence electrons. The largest absolute Gasteiger partial charge is 0.379 e. The summed E-state index contributed by atoms with van der Waals surface area (Å²) < 4.78 is 5.39. The maximum atomic E-state index is 12.0. The van der Waals surface area contributed by atoms with Gasteiger partial charge in [0.1, 0.15) is 10.0 Å². The van der Waals surface area contributed by atoms with E-state index >= 15 is 0 Å². The molecule has 1 N–H and O–H groups in total. The number of morpholine rings is 1. The summed E-state index contributed by atoms with van der Waals surface area (Å²) in [5, 5.41) is 12.7. The van der Waals surface area contributed by atoms with Crippen molar-refractivity contribution in [3.63, 3.8) is 0 Å². The van der Waals surface area contributed by atoms with E-state index in [0.29, 0.717) is 6.42 Å². The fourth-order valence-corrected chi connectivity index (χ4v) is 3.37. The average Bonchev–Trinajstić information content (AvgIpc) is 3.15. The van der Waals surface area contributed by atoms with Crippen molar-refractivity contribution in [3.05, 3.63) is 10.0 Å². The van der Waals surface area contributed by atoms with E-state index in [1.54, 1.807) is 0 Å². The topological polar surface area (TPSA) is 67.4 Å². The monoisotopic (exact) mass is 296 g/mol. The molecule has 2 aliphatic rings. The average molecular weight is 296 g/mol. The maximum absolute atomic E-state index is 12.0. The minimum Gasteiger partial charge on any atom is -0.379 e. The van der Waals surface area contributed by atoms with Gasteiger partial charge >= 0.3 is 0 Å². The summed E-state index contributed by atoms with van der Waals surface area (Å²) >= 11 is 1.48. The Balaban J connectivity index is 1.47. The van der Waals surface area contributed by atoms with Crippen LogP contribution in [0.15, 0.2) is 0 Å². The number of amides is 1. The molecule has 0 unspecified atom stereocenters. The van der Waals surface area contributed by atoms with E-state index in [1.807, 2.05) is 6.92 Å². The summed E-state index contributed by atoms with van der Waals surface area (Å²) in [7, 11) is 0. The summed E-state index contributed by atoms with van der Waals surface area (Å²) in [6.45, 7) is 6.21. The molecule has 1 aromatic heterocycles. The van der Waals surface area contributed by atoms with Gasteiger partial charge in [0.2, 0.25) is 5.91 Å². The van der Waals surface area contributed by atoms with Crippen molar-refractivity contribution in [2.75, 3.05) is 32.8 Å². The molecule has 1 saturated heterocycles. The lowest BCUT2D eigenvalue weighted by Crippen LogP contribution is -2.50. The molecule has 7 heteroatoms. The van der Waals surface area contributed by atoms with Crippen LogP contribution in [0.4, 0.5) is 0 Å². The van der Waals surface area contributed by atoms with Gasteiger partial charge in [-0.2, -0.15) is 0 Å². The molecule has 2 fully saturated rings. The molecular formula is C13H20N4O2S. The molecule has 0 atom stereocenters. The number of carbonyl (C=O) groups is 1. The van der Waals surface area contributed by atoms with E-state index in [-0.39, 0.29) is 11.4 Å². The van der Waals surface area contributed by atoms with Crippen LogP contribution in [-0.2, 0) is 16.0 Å². The first-order valence-electron chi connectivity index (χ1n) is 7.06. The van der Waals surface area contributed by atoms with E-state index in [9.17, 15) is 4.79 Å². The summed E-state index contributed by atoms with van der Waals surface area (Å²) in [5.74, 6) is 0.0423. The zero-order valence-electron chi connectivity index (χ0n) is 11.7.